The molecule has 0 aliphatic carbocycles. The third kappa shape index (κ3) is 5.43. The van der Waals surface area contributed by atoms with E-state index in [0.717, 1.165) is 17.1 Å². The monoisotopic (exact) mass is 292 g/mol. The first-order valence-corrected chi connectivity index (χ1v) is 7.22. The molecule has 0 spiro atoms. The van der Waals surface area contributed by atoms with E-state index < -0.39 is 0 Å². The molecule has 0 radical (unpaired) electrons. The minimum Gasteiger partial charge on any atom is -0.457 e. The van der Waals surface area contributed by atoms with Crippen LogP contribution in [0.1, 0.15) is 11.1 Å². The van der Waals surface area contributed by atoms with Gasteiger partial charge in [0.15, 0.2) is 0 Å². The van der Waals surface area contributed by atoms with Crippen LogP contribution in [0.3, 0.4) is 0 Å². The van der Waals surface area contributed by atoms with Crippen molar-refractivity contribution >= 4 is 0 Å². The van der Waals surface area contributed by atoms with Crippen molar-refractivity contribution in [1.82, 2.24) is 0 Å². The Balaban J connectivity index is 0.000000211. The van der Waals surface area contributed by atoms with Gasteiger partial charge < -0.3 is 9.84 Å². The number of para-hydroxylation sites is 1. The van der Waals surface area contributed by atoms with E-state index in [1.807, 2.05) is 72.8 Å². The predicted molar refractivity (Wildman–Crippen MR) is 90.1 cm³/mol. The van der Waals surface area contributed by atoms with Gasteiger partial charge in [-0.25, -0.2) is 0 Å². The molecule has 0 heterocycles. The van der Waals surface area contributed by atoms with Gasteiger partial charge in [-0.2, -0.15) is 0 Å². The zero-order chi connectivity index (χ0) is 15.6. The minimum absolute atomic E-state index is 0.0337. The van der Waals surface area contributed by atoms with Crippen molar-refractivity contribution in [2.45, 2.75) is 13.5 Å². The molecule has 2 nitrogen and oxygen atoms in total. The van der Waals surface area contributed by atoms with E-state index in [-0.39, 0.29) is 6.61 Å². The van der Waals surface area contributed by atoms with Gasteiger partial charge in [-0.05, 0) is 36.8 Å². The molecule has 1 N–H and O–H groups in total. The van der Waals surface area contributed by atoms with Crippen LogP contribution in [0.2, 0.25) is 0 Å². The van der Waals surface area contributed by atoms with Crippen molar-refractivity contribution in [2.75, 3.05) is 0 Å². The van der Waals surface area contributed by atoms with Crippen LogP contribution in [0.25, 0.3) is 0 Å². The Labute approximate surface area is 131 Å². The predicted octanol–water partition coefficient (Wildman–Crippen LogP) is 4.97. The number of rotatable bonds is 3. The van der Waals surface area contributed by atoms with Crippen LogP contribution < -0.4 is 4.74 Å². The molecule has 0 saturated heterocycles. The van der Waals surface area contributed by atoms with Crippen LogP contribution in [0.5, 0.6) is 11.5 Å². The standard InChI is InChI=1S/C13H12O2.C7H8/c14-10-11-5-4-8-13(9-11)15-12-6-2-1-3-7-12;1-7-5-3-2-4-6-7/h1-9,14H,10H2;2-6H,1H3. The highest BCUT2D eigenvalue weighted by Crippen LogP contribution is 2.21. The van der Waals surface area contributed by atoms with Crippen molar-refractivity contribution in [3.8, 4) is 11.5 Å². The molecule has 2 heteroatoms. The molecule has 0 aromatic heterocycles. The summed E-state index contributed by atoms with van der Waals surface area (Å²) >= 11 is 0. The average molecular weight is 292 g/mol. The Bertz CT molecular complexity index is 664. The summed E-state index contributed by atoms with van der Waals surface area (Å²) < 4.78 is 5.61. The maximum atomic E-state index is 8.97. The molecule has 0 saturated carbocycles. The Kier molecular flexibility index (Phi) is 6.21. The zero-order valence-corrected chi connectivity index (χ0v) is 12.6. The number of aliphatic hydroxyl groups excluding tert-OH is 1. The fraction of sp³-hybridized carbons (Fsp3) is 0.100. The molecule has 3 aromatic carbocycles. The van der Waals surface area contributed by atoms with Gasteiger partial charge in [0.2, 0.25) is 0 Å². The summed E-state index contributed by atoms with van der Waals surface area (Å²) in [6.45, 7) is 2.12. The lowest BCUT2D eigenvalue weighted by Gasteiger charge is -2.06. The van der Waals surface area contributed by atoms with Crippen LogP contribution in [-0.2, 0) is 6.61 Å². The van der Waals surface area contributed by atoms with Crippen molar-refractivity contribution in [3.05, 3.63) is 96.1 Å². The summed E-state index contributed by atoms with van der Waals surface area (Å²) in [5, 5.41) is 8.97. The molecule has 3 rings (SSSR count). The second-order valence-corrected chi connectivity index (χ2v) is 4.88. The Morgan fingerprint density at radius 3 is 1.86 bits per heavy atom. The minimum atomic E-state index is 0.0337. The largest absolute Gasteiger partial charge is 0.457 e. The molecule has 112 valence electrons. The highest BCUT2D eigenvalue weighted by atomic mass is 16.5. The smallest absolute Gasteiger partial charge is 0.127 e. The van der Waals surface area contributed by atoms with Crippen LogP contribution in [-0.4, -0.2) is 5.11 Å². The second-order valence-electron chi connectivity index (χ2n) is 4.88. The second kappa shape index (κ2) is 8.65. The van der Waals surface area contributed by atoms with E-state index >= 15 is 0 Å². The molecule has 0 bridgehead atoms. The highest BCUT2D eigenvalue weighted by Gasteiger charge is 1.97. The third-order valence-electron chi connectivity index (χ3n) is 3.00. The topological polar surface area (TPSA) is 29.5 Å². The van der Waals surface area contributed by atoms with E-state index in [1.165, 1.54) is 5.56 Å². The molecule has 0 aliphatic heterocycles. The number of hydrogen-bond acceptors (Lipinski definition) is 2. The maximum Gasteiger partial charge on any atom is 0.127 e. The van der Waals surface area contributed by atoms with Gasteiger partial charge in [0.25, 0.3) is 0 Å². The third-order valence-corrected chi connectivity index (χ3v) is 3.00. The summed E-state index contributed by atoms with van der Waals surface area (Å²) in [4.78, 5) is 0. The zero-order valence-electron chi connectivity index (χ0n) is 12.6. The lowest BCUT2D eigenvalue weighted by atomic mass is 10.2. The fourth-order valence-electron chi connectivity index (χ4n) is 1.87. The quantitative estimate of drug-likeness (QED) is 0.738. The van der Waals surface area contributed by atoms with Crippen LogP contribution >= 0.6 is 0 Å². The van der Waals surface area contributed by atoms with E-state index in [1.54, 1.807) is 0 Å². The SMILES string of the molecule is Cc1ccccc1.OCc1cccc(Oc2ccccc2)c1. The number of benzene rings is 3. The van der Waals surface area contributed by atoms with Gasteiger partial charge >= 0.3 is 0 Å². The average Bonchev–Trinajstić information content (AvgIpc) is 2.57. The number of hydrogen-bond donors (Lipinski definition) is 1. The van der Waals surface area contributed by atoms with Gasteiger partial charge in [-0.15, -0.1) is 0 Å². The Morgan fingerprint density at radius 1 is 0.727 bits per heavy atom. The highest BCUT2D eigenvalue weighted by molar-refractivity contribution is 5.33. The lowest BCUT2D eigenvalue weighted by Crippen LogP contribution is -1.86. The van der Waals surface area contributed by atoms with E-state index in [9.17, 15) is 0 Å². The Hall–Kier alpha value is -2.58. The molecule has 0 fully saturated rings. The van der Waals surface area contributed by atoms with Gasteiger partial charge in [0.1, 0.15) is 11.5 Å². The van der Waals surface area contributed by atoms with Gasteiger partial charge in [-0.3, -0.25) is 0 Å². The van der Waals surface area contributed by atoms with Gasteiger partial charge in [0.05, 0.1) is 6.61 Å². The summed E-state index contributed by atoms with van der Waals surface area (Å²) in [5.74, 6) is 1.54. The van der Waals surface area contributed by atoms with E-state index in [2.05, 4.69) is 19.1 Å². The van der Waals surface area contributed by atoms with Gasteiger partial charge in [-0.1, -0.05) is 66.2 Å². The van der Waals surface area contributed by atoms with Crippen molar-refractivity contribution in [1.29, 1.82) is 0 Å². The number of aryl methyl sites for hydroxylation is 1. The van der Waals surface area contributed by atoms with Crippen LogP contribution in [0, 0.1) is 6.92 Å². The first-order valence-electron chi connectivity index (χ1n) is 7.22. The van der Waals surface area contributed by atoms with E-state index in [0.29, 0.717) is 0 Å². The molecule has 22 heavy (non-hydrogen) atoms. The first-order chi connectivity index (χ1) is 10.8. The van der Waals surface area contributed by atoms with Crippen molar-refractivity contribution in [2.24, 2.45) is 0 Å². The lowest BCUT2D eigenvalue weighted by molar-refractivity contribution is 0.281. The molecular formula is C20H20O2. The van der Waals surface area contributed by atoms with Crippen LogP contribution in [0.15, 0.2) is 84.9 Å². The van der Waals surface area contributed by atoms with Crippen molar-refractivity contribution in [3.63, 3.8) is 0 Å². The molecule has 0 atom stereocenters. The number of aliphatic hydroxyl groups is 1. The molecule has 3 aromatic rings. The summed E-state index contributed by atoms with van der Waals surface area (Å²) in [7, 11) is 0. The van der Waals surface area contributed by atoms with Crippen LogP contribution in [0.4, 0.5) is 0 Å². The summed E-state index contributed by atoms with van der Waals surface area (Å²) in [6, 6.07) is 27.3. The normalized spacial score (nSPS) is 9.55. The Morgan fingerprint density at radius 2 is 1.32 bits per heavy atom. The molecule has 0 amide bonds. The first kappa shape index (κ1) is 15.8. The summed E-state index contributed by atoms with van der Waals surface area (Å²) in [6.07, 6.45) is 0. The van der Waals surface area contributed by atoms with Gasteiger partial charge in [0, 0.05) is 0 Å². The van der Waals surface area contributed by atoms with E-state index in [4.69, 9.17) is 9.84 Å². The summed E-state index contributed by atoms with van der Waals surface area (Å²) in [5.41, 5.74) is 2.17. The fourth-order valence-corrected chi connectivity index (χ4v) is 1.87. The molecular weight excluding hydrogens is 272 g/mol. The van der Waals surface area contributed by atoms with Crippen molar-refractivity contribution < 1.29 is 9.84 Å². The number of ether oxygens (including phenoxy) is 1. The molecule has 0 unspecified atom stereocenters. The molecule has 0 aliphatic rings. The maximum absolute atomic E-state index is 8.97.